The van der Waals surface area contributed by atoms with Crippen LogP contribution in [0.5, 0.6) is 0 Å². The Kier molecular flexibility index (Phi) is 2.59. The number of nitrogen functional groups attached to an aromatic ring is 1. The van der Waals surface area contributed by atoms with Gasteiger partial charge in [-0.15, -0.1) is 0 Å². The van der Waals surface area contributed by atoms with Gasteiger partial charge in [0, 0.05) is 12.8 Å². The van der Waals surface area contributed by atoms with Gasteiger partial charge in [-0.05, 0) is 12.8 Å². The van der Waals surface area contributed by atoms with Gasteiger partial charge in [0.15, 0.2) is 0 Å². The Labute approximate surface area is 85.7 Å². The largest absolute Gasteiger partial charge is 0.393 e. The van der Waals surface area contributed by atoms with E-state index >= 15 is 0 Å². The fourth-order valence-electron chi connectivity index (χ4n) is 1.67. The Balaban J connectivity index is 2.24. The molecule has 1 aliphatic heterocycles. The zero-order valence-corrected chi connectivity index (χ0v) is 8.23. The number of aromatic nitrogens is 2. The molecule has 3 N–H and O–H groups in total. The normalized spacial score (nSPS) is 20.7. The van der Waals surface area contributed by atoms with E-state index in [1.165, 1.54) is 10.8 Å². The molecule has 0 radical (unpaired) electrons. The number of rotatable bonds is 2. The van der Waals surface area contributed by atoms with Gasteiger partial charge in [0.2, 0.25) is 0 Å². The molecule has 1 fully saturated rings. The summed E-state index contributed by atoms with van der Waals surface area (Å²) in [7, 11) is 0. The van der Waals surface area contributed by atoms with E-state index in [1.54, 1.807) is 0 Å². The van der Waals surface area contributed by atoms with Gasteiger partial charge in [0.05, 0.1) is 12.6 Å². The summed E-state index contributed by atoms with van der Waals surface area (Å²) in [6.07, 6.45) is 3.36. The number of nitrogens with two attached hydrogens (primary N) is 1. The predicted molar refractivity (Wildman–Crippen MR) is 54.7 cm³/mol. The quantitative estimate of drug-likeness (QED) is 0.676. The Morgan fingerprint density at radius 3 is 3.07 bits per heavy atom. The zero-order chi connectivity index (χ0) is 10.8. The van der Waals surface area contributed by atoms with Crippen LogP contribution in [-0.2, 0) is 11.3 Å². The number of hydrogen-bond acceptors (Lipinski definition) is 4. The summed E-state index contributed by atoms with van der Waals surface area (Å²) < 4.78 is 6.77. The highest BCUT2D eigenvalue weighted by molar-refractivity contribution is 5.30. The fraction of sp³-hybridized carbons (Fsp3) is 0.556. The molecule has 0 unspecified atom stereocenters. The number of anilines is 1. The summed E-state index contributed by atoms with van der Waals surface area (Å²) in [4.78, 5) is 24.5. The second-order valence-electron chi connectivity index (χ2n) is 3.63. The van der Waals surface area contributed by atoms with Crippen LogP contribution < -0.4 is 17.0 Å². The average molecular weight is 211 g/mol. The minimum atomic E-state index is -0.538. The topological polar surface area (TPSA) is 90.1 Å². The minimum absolute atomic E-state index is 0.0487. The van der Waals surface area contributed by atoms with E-state index in [0.29, 0.717) is 6.54 Å². The first-order valence-electron chi connectivity index (χ1n) is 4.87. The third-order valence-electron chi connectivity index (χ3n) is 2.46. The minimum Gasteiger partial charge on any atom is -0.393 e. The van der Waals surface area contributed by atoms with Crippen molar-refractivity contribution in [3.8, 4) is 0 Å². The highest BCUT2D eigenvalue weighted by atomic mass is 16.5. The van der Waals surface area contributed by atoms with Gasteiger partial charge in [-0.25, -0.2) is 4.79 Å². The molecule has 1 saturated heterocycles. The summed E-state index contributed by atoms with van der Waals surface area (Å²) in [6.45, 7) is 1.18. The molecule has 0 bridgehead atoms. The number of H-pyrrole nitrogens is 1. The van der Waals surface area contributed by atoms with E-state index in [2.05, 4.69) is 4.98 Å². The molecule has 6 nitrogen and oxygen atoms in total. The second kappa shape index (κ2) is 3.90. The molecule has 0 amide bonds. The van der Waals surface area contributed by atoms with E-state index < -0.39 is 11.2 Å². The Morgan fingerprint density at radius 2 is 2.40 bits per heavy atom. The lowest BCUT2D eigenvalue weighted by atomic mass is 10.2. The van der Waals surface area contributed by atoms with Crippen LogP contribution in [0.15, 0.2) is 15.8 Å². The standard InChI is InChI=1S/C9H13N3O3/c10-7-5-12(9(14)11-8(7)13)4-6-2-1-3-15-6/h5-6H,1-4,10H2,(H,11,13,14)/t6-/m0/s1. The molecule has 1 aliphatic rings. The van der Waals surface area contributed by atoms with Gasteiger partial charge < -0.3 is 10.5 Å². The number of nitrogens with zero attached hydrogens (tertiary/aromatic N) is 1. The fourth-order valence-corrected chi connectivity index (χ4v) is 1.67. The lowest BCUT2D eigenvalue weighted by molar-refractivity contribution is 0.0958. The Hall–Kier alpha value is -1.56. The number of hydrogen-bond donors (Lipinski definition) is 2. The van der Waals surface area contributed by atoms with Crippen molar-refractivity contribution in [2.24, 2.45) is 0 Å². The van der Waals surface area contributed by atoms with Crippen LogP contribution in [0.2, 0.25) is 0 Å². The maximum atomic E-state index is 11.4. The second-order valence-corrected chi connectivity index (χ2v) is 3.63. The Bertz CT molecular complexity index is 456. The third kappa shape index (κ3) is 2.10. The van der Waals surface area contributed by atoms with Crippen molar-refractivity contribution < 1.29 is 4.74 Å². The van der Waals surface area contributed by atoms with E-state index in [9.17, 15) is 9.59 Å². The zero-order valence-electron chi connectivity index (χ0n) is 8.23. The van der Waals surface area contributed by atoms with Crippen molar-refractivity contribution in [2.75, 3.05) is 12.3 Å². The van der Waals surface area contributed by atoms with Gasteiger partial charge in [0.25, 0.3) is 5.56 Å². The molecular weight excluding hydrogens is 198 g/mol. The monoisotopic (exact) mass is 211 g/mol. The van der Waals surface area contributed by atoms with Crippen LogP contribution in [0.3, 0.4) is 0 Å². The van der Waals surface area contributed by atoms with Gasteiger partial charge in [0.1, 0.15) is 5.69 Å². The van der Waals surface area contributed by atoms with E-state index in [-0.39, 0.29) is 11.8 Å². The SMILES string of the molecule is Nc1cn(C[C@@H]2CCCO2)c(=O)[nH]c1=O. The molecule has 0 aromatic carbocycles. The maximum absolute atomic E-state index is 11.4. The third-order valence-corrected chi connectivity index (χ3v) is 2.46. The number of ether oxygens (including phenoxy) is 1. The smallest absolute Gasteiger partial charge is 0.328 e. The van der Waals surface area contributed by atoms with Crippen molar-refractivity contribution in [2.45, 2.75) is 25.5 Å². The summed E-state index contributed by atoms with van der Waals surface area (Å²) in [5.41, 5.74) is 4.49. The first-order chi connectivity index (χ1) is 7.16. The molecule has 0 saturated carbocycles. The van der Waals surface area contributed by atoms with Gasteiger partial charge in [-0.2, -0.15) is 0 Å². The van der Waals surface area contributed by atoms with Crippen LogP contribution in [0.1, 0.15) is 12.8 Å². The maximum Gasteiger partial charge on any atom is 0.328 e. The van der Waals surface area contributed by atoms with Crippen molar-refractivity contribution in [3.05, 3.63) is 27.0 Å². The molecular formula is C9H13N3O3. The molecule has 1 aromatic rings. The number of nitrogens with one attached hydrogen (secondary N) is 1. The summed E-state index contributed by atoms with van der Waals surface area (Å²) >= 11 is 0. The first-order valence-corrected chi connectivity index (χ1v) is 4.87. The molecule has 2 heterocycles. The summed E-state index contributed by atoms with van der Waals surface area (Å²) in [6, 6.07) is 0. The van der Waals surface area contributed by atoms with Gasteiger partial charge in [-0.3, -0.25) is 14.3 Å². The van der Waals surface area contributed by atoms with E-state index in [4.69, 9.17) is 10.5 Å². The summed E-state index contributed by atoms with van der Waals surface area (Å²) in [5, 5.41) is 0. The first kappa shape index (κ1) is 9.97. The highest BCUT2D eigenvalue weighted by Gasteiger charge is 2.16. The van der Waals surface area contributed by atoms with E-state index in [1.807, 2.05) is 0 Å². The Morgan fingerprint density at radius 1 is 1.60 bits per heavy atom. The van der Waals surface area contributed by atoms with E-state index in [0.717, 1.165) is 19.4 Å². The van der Waals surface area contributed by atoms with Crippen LogP contribution in [0.4, 0.5) is 5.69 Å². The van der Waals surface area contributed by atoms with Gasteiger partial charge in [-0.1, -0.05) is 0 Å². The van der Waals surface area contributed by atoms with Crippen LogP contribution in [0.25, 0.3) is 0 Å². The lowest BCUT2D eigenvalue weighted by Crippen LogP contribution is -2.33. The van der Waals surface area contributed by atoms with Crippen LogP contribution in [-0.4, -0.2) is 22.3 Å². The molecule has 2 rings (SSSR count). The molecule has 0 spiro atoms. The molecule has 6 heteroatoms. The van der Waals surface area contributed by atoms with Crippen LogP contribution in [0, 0.1) is 0 Å². The molecule has 1 aromatic heterocycles. The van der Waals surface area contributed by atoms with Crippen molar-refractivity contribution >= 4 is 5.69 Å². The molecule has 15 heavy (non-hydrogen) atoms. The van der Waals surface area contributed by atoms with Crippen molar-refractivity contribution in [1.82, 2.24) is 9.55 Å². The van der Waals surface area contributed by atoms with Crippen LogP contribution >= 0.6 is 0 Å². The average Bonchev–Trinajstić information content (AvgIpc) is 2.67. The molecule has 0 aliphatic carbocycles. The molecule has 1 atom stereocenters. The number of aromatic amines is 1. The molecule has 82 valence electrons. The predicted octanol–water partition coefficient (Wildman–Crippen LogP) is -0.702. The van der Waals surface area contributed by atoms with Crippen molar-refractivity contribution in [1.29, 1.82) is 0 Å². The van der Waals surface area contributed by atoms with Gasteiger partial charge >= 0.3 is 5.69 Å². The summed E-state index contributed by atoms with van der Waals surface area (Å²) in [5.74, 6) is 0. The van der Waals surface area contributed by atoms with Crippen molar-refractivity contribution in [3.63, 3.8) is 0 Å². The lowest BCUT2D eigenvalue weighted by Gasteiger charge is -2.11. The highest BCUT2D eigenvalue weighted by Crippen LogP contribution is 2.12.